The lowest BCUT2D eigenvalue weighted by molar-refractivity contribution is 0.673. The Balaban J connectivity index is 1.43. The minimum absolute atomic E-state index is 0.911. The van der Waals surface area contributed by atoms with Crippen LogP contribution >= 0.6 is 0 Å². The van der Waals surface area contributed by atoms with Gasteiger partial charge in [-0.1, -0.05) is 103 Å². The standard InChI is InChI=1S/C44H26N2O/c1-2-13-28(14-3-1)45-36-20-10-8-19-34(36)41-37(45)25-23-35-42-38(24-22-33-32-18-9-11-21-40(32)47-44(33)42)46(43(35)41)39-26-27-12-4-5-15-29(27)30-16-6-7-17-31(30)39/h1-26H. The first-order valence-electron chi connectivity index (χ1n) is 16.1. The number of nitrogens with zero attached hydrogens (tertiary/aromatic N) is 2. The first-order valence-corrected chi connectivity index (χ1v) is 16.1. The van der Waals surface area contributed by atoms with Gasteiger partial charge in [0.2, 0.25) is 0 Å². The number of hydrogen-bond acceptors (Lipinski definition) is 1. The maximum absolute atomic E-state index is 6.74. The van der Waals surface area contributed by atoms with Crippen LogP contribution < -0.4 is 0 Å². The normalized spacial score (nSPS) is 12.3. The molecule has 0 radical (unpaired) electrons. The van der Waals surface area contributed by atoms with Gasteiger partial charge < -0.3 is 13.6 Å². The lowest BCUT2D eigenvalue weighted by atomic mass is 10.00. The molecule has 0 saturated carbocycles. The summed E-state index contributed by atoms with van der Waals surface area (Å²) in [4.78, 5) is 0. The molecule has 0 saturated heterocycles. The zero-order valence-electron chi connectivity index (χ0n) is 25.3. The van der Waals surface area contributed by atoms with Crippen molar-refractivity contribution >= 4 is 87.1 Å². The molecule has 11 aromatic rings. The molecule has 3 heteroatoms. The summed E-state index contributed by atoms with van der Waals surface area (Å²) >= 11 is 0. The lowest BCUT2D eigenvalue weighted by Crippen LogP contribution is -1.97. The van der Waals surface area contributed by atoms with E-state index in [0.717, 1.165) is 38.5 Å². The van der Waals surface area contributed by atoms with Gasteiger partial charge in [0.15, 0.2) is 0 Å². The largest absolute Gasteiger partial charge is 0.455 e. The summed E-state index contributed by atoms with van der Waals surface area (Å²) in [5.74, 6) is 0. The highest BCUT2D eigenvalue weighted by molar-refractivity contribution is 6.31. The van der Waals surface area contributed by atoms with Crippen LogP contribution in [0.2, 0.25) is 0 Å². The van der Waals surface area contributed by atoms with E-state index in [1.807, 2.05) is 6.07 Å². The molecule has 0 spiro atoms. The van der Waals surface area contributed by atoms with Crippen LogP contribution in [0.1, 0.15) is 0 Å². The smallest absolute Gasteiger partial charge is 0.145 e. The Morgan fingerprint density at radius 1 is 0.383 bits per heavy atom. The van der Waals surface area contributed by atoms with Crippen molar-refractivity contribution in [1.29, 1.82) is 0 Å². The third-order valence-electron chi connectivity index (χ3n) is 10.1. The van der Waals surface area contributed by atoms with Crippen molar-refractivity contribution in [3.05, 3.63) is 158 Å². The molecule has 0 aliphatic heterocycles. The van der Waals surface area contributed by atoms with E-state index < -0.39 is 0 Å². The second kappa shape index (κ2) is 9.12. The molecule has 0 atom stereocenters. The molecule has 3 nitrogen and oxygen atoms in total. The second-order valence-electron chi connectivity index (χ2n) is 12.5. The average molecular weight is 599 g/mol. The molecule has 3 aromatic heterocycles. The summed E-state index contributed by atoms with van der Waals surface area (Å²) in [5.41, 5.74) is 8.86. The minimum Gasteiger partial charge on any atom is -0.455 e. The van der Waals surface area contributed by atoms with E-state index in [1.165, 1.54) is 59.9 Å². The van der Waals surface area contributed by atoms with E-state index in [1.54, 1.807) is 0 Å². The fourth-order valence-electron chi connectivity index (χ4n) is 8.15. The Morgan fingerprint density at radius 3 is 1.87 bits per heavy atom. The van der Waals surface area contributed by atoms with Gasteiger partial charge in [-0.15, -0.1) is 0 Å². The van der Waals surface area contributed by atoms with Crippen LogP contribution in [0.3, 0.4) is 0 Å². The van der Waals surface area contributed by atoms with E-state index in [-0.39, 0.29) is 0 Å². The van der Waals surface area contributed by atoms with Gasteiger partial charge in [-0.05, 0) is 70.8 Å². The molecule has 47 heavy (non-hydrogen) atoms. The summed E-state index contributed by atoms with van der Waals surface area (Å²) in [5, 5.41) is 12.0. The number of furan rings is 1. The highest BCUT2D eigenvalue weighted by Crippen LogP contribution is 2.46. The SMILES string of the molecule is c1ccc(-n2c3ccccc3c3c2ccc2c4c5oc6ccccc6c5ccc4n(-c4cc5ccccc5c5ccccc45)c23)cc1. The lowest BCUT2D eigenvalue weighted by Gasteiger charge is -2.15. The Morgan fingerprint density at radius 2 is 1.02 bits per heavy atom. The predicted molar refractivity (Wildman–Crippen MR) is 197 cm³/mol. The zero-order chi connectivity index (χ0) is 30.6. The molecule has 11 rings (SSSR count). The molecule has 0 aliphatic carbocycles. The summed E-state index contributed by atoms with van der Waals surface area (Å²) in [6, 6.07) is 57.0. The van der Waals surface area contributed by atoms with Gasteiger partial charge >= 0.3 is 0 Å². The Bertz CT molecular complexity index is 3070. The summed E-state index contributed by atoms with van der Waals surface area (Å²) < 4.78 is 11.7. The van der Waals surface area contributed by atoms with Crippen LogP contribution in [0.4, 0.5) is 0 Å². The Kier molecular flexibility index (Phi) is 4.84. The molecule has 0 amide bonds. The predicted octanol–water partition coefficient (Wildman–Crippen LogP) is 12.1. The van der Waals surface area contributed by atoms with E-state index in [4.69, 9.17) is 4.42 Å². The van der Waals surface area contributed by atoms with Crippen LogP contribution in [0.25, 0.3) is 98.5 Å². The number of rotatable bonds is 2. The minimum atomic E-state index is 0.911. The Labute approximate surface area is 269 Å². The number of fused-ring (bicyclic) bond motifs is 14. The first kappa shape index (κ1) is 24.9. The number of para-hydroxylation sites is 3. The first-order chi connectivity index (χ1) is 23.3. The average Bonchev–Trinajstić information content (AvgIpc) is 3.79. The third-order valence-corrected chi connectivity index (χ3v) is 10.1. The maximum Gasteiger partial charge on any atom is 0.145 e. The maximum atomic E-state index is 6.74. The van der Waals surface area contributed by atoms with Crippen LogP contribution in [0, 0.1) is 0 Å². The summed E-state index contributed by atoms with van der Waals surface area (Å²) in [6.07, 6.45) is 0. The molecule has 3 heterocycles. The highest BCUT2D eigenvalue weighted by atomic mass is 16.3. The molecule has 8 aromatic carbocycles. The van der Waals surface area contributed by atoms with E-state index in [0.29, 0.717) is 0 Å². The van der Waals surface area contributed by atoms with Gasteiger partial charge in [0.25, 0.3) is 0 Å². The van der Waals surface area contributed by atoms with Gasteiger partial charge in [0.05, 0.1) is 33.1 Å². The molecule has 0 aliphatic rings. The van der Waals surface area contributed by atoms with Crippen molar-refractivity contribution in [2.45, 2.75) is 0 Å². The Hall–Kier alpha value is -6.32. The third kappa shape index (κ3) is 3.25. The topological polar surface area (TPSA) is 23.0 Å². The van der Waals surface area contributed by atoms with Gasteiger partial charge in [0.1, 0.15) is 11.2 Å². The molecular weight excluding hydrogens is 572 g/mol. The van der Waals surface area contributed by atoms with Crippen molar-refractivity contribution < 1.29 is 4.42 Å². The van der Waals surface area contributed by atoms with E-state index in [9.17, 15) is 0 Å². The van der Waals surface area contributed by atoms with Crippen LogP contribution in [-0.2, 0) is 0 Å². The molecule has 0 unspecified atom stereocenters. The molecule has 218 valence electrons. The van der Waals surface area contributed by atoms with Crippen molar-refractivity contribution in [3.8, 4) is 11.4 Å². The van der Waals surface area contributed by atoms with E-state index >= 15 is 0 Å². The van der Waals surface area contributed by atoms with Crippen molar-refractivity contribution in [1.82, 2.24) is 9.13 Å². The fraction of sp³-hybridized carbons (Fsp3) is 0. The van der Waals surface area contributed by atoms with Gasteiger partial charge in [-0.3, -0.25) is 0 Å². The molecular formula is C44H26N2O. The van der Waals surface area contributed by atoms with Crippen LogP contribution in [0.5, 0.6) is 0 Å². The quantitative estimate of drug-likeness (QED) is 0.182. The summed E-state index contributed by atoms with van der Waals surface area (Å²) in [7, 11) is 0. The van der Waals surface area contributed by atoms with Crippen molar-refractivity contribution in [2.24, 2.45) is 0 Å². The van der Waals surface area contributed by atoms with Crippen molar-refractivity contribution in [3.63, 3.8) is 0 Å². The van der Waals surface area contributed by atoms with Crippen LogP contribution in [0.15, 0.2) is 162 Å². The molecule has 0 fully saturated rings. The zero-order valence-corrected chi connectivity index (χ0v) is 25.3. The van der Waals surface area contributed by atoms with Gasteiger partial charge in [-0.2, -0.15) is 0 Å². The number of aromatic nitrogens is 2. The fourth-order valence-corrected chi connectivity index (χ4v) is 8.15. The highest BCUT2D eigenvalue weighted by Gasteiger charge is 2.24. The molecule has 0 bridgehead atoms. The molecule has 0 N–H and O–H groups in total. The van der Waals surface area contributed by atoms with Gasteiger partial charge in [-0.25, -0.2) is 0 Å². The number of hydrogen-bond donors (Lipinski definition) is 0. The van der Waals surface area contributed by atoms with E-state index in [2.05, 4.69) is 161 Å². The number of benzene rings is 8. The van der Waals surface area contributed by atoms with Crippen molar-refractivity contribution in [2.75, 3.05) is 0 Å². The van der Waals surface area contributed by atoms with Gasteiger partial charge in [0, 0.05) is 38.0 Å². The summed E-state index contributed by atoms with van der Waals surface area (Å²) in [6.45, 7) is 0. The monoisotopic (exact) mass is 598 g/mol. The van der Waals surface area contributed by atoms with Crippen LogP contribution in [-0.4, -0.2) is 9.13 Å². The second-order valence-corrected chi connectivity index (χ2v) is 12.5.